The van der Waals surface area contributed by atoms with Gasteiger partial charge in [-0.05, 0) is 136 Å². The summed E-state index contributed by atoms with van der Waals surface area (Å²) in [4.78, 5) is 28.7. The van der Waals surface area contributed by atoms with E-state index in [1.165, 1.54) is 37.9 Å². The molecule has 4 aliphatic heterocycles. The molecule has 11 nitrogen and oxygen atoms in total. The van der Waals surface area contributed by atoms with Gasteiger partial charge >= 0.3 is 0 Å². The molecule has 0 saturated carbocycles. The quantitative estimate of drug-likeness (QED) is 0.179. The summed E-state index contributed by atoms with van der Waals surface area (Å²) in [6.45, 7) is 89.7. The highest BCUT2D eigenvalue weighted by Gasteiger charge is 2.26. The number of aromatic nitrogens is 6. The fourth-order valence-electron chi connectivity index (χ4n) is 8.57. The molecule has 0 aromatic carbocycles. The molecule has 0 aliphatic carbocycles. The van der Waals surface area contributed by atoms with Gasteiger partial charge in [-0.1, -0.05) is 250 Å². The summed E-state index contributed by atoms with van der Waals surface area (Å²) in [5.74, 6) is 0. The van der Waals surface area contributed by atoms with Crippen LogP contribution in [0.25, 0.3) is 12.2 Å². The second-order valence-corrected chi connectivity index (χ2v) is 36.2. The third-order valence-corrected chi connectivity index (χ3v) is 18.1. The van der Waals surface area contributed by atoms with Crippen LogP contribution in [0.2, 0.25) is 0 Å². The van der Waals surface area contributed by atoms with Gasteiger partial charge in [-0.3, -0.25) is 25.1 Å². The minimum Gasteiger partial charge on any atom is -0.364 e. The fraction of sp³-hybridized carbons (Fsp3) is 0.524. The number of hydrogen-bond acceptors (Lipinski definition) is 13. The zero-order valence-corrected chi connectivity index (χ0v) is 67.8. The van der Waals surface area contributed by atoms with Crippen LogP contribution >= 0.6 is 34.2 Å². The Bertz CT molecular complexity index is 3400. The number of aryl methyl sites for hydroxylation is 3. The summed E-state index contributed by atoms with van der Waals surface area (Å²) in [5, 5.41) is 15.3. The first-order valence-corrected chi connectivity index (χ1v) is 35.8. The van der Waals surface area contributed by atoms with Crippen molar-refractivity contribution in [3.63, 3.8) is 0 Å². The summed E-state index contributed by atoms with van der Waals surface area (Å²) in [5.41, 5.74) is 17.7. The molecule has 5 aromatic rings. The molecule has 1 N–H and O–H groups in total. The van der Waals surface area contributed by atoms with Gasteiger partial charge in [0.25, 0.3) is 0 Å². The third-order valence-electron chi connectivity index (χ3n) is 14.7. The van der Waals surface area contributed by atoms with Gasteiger partial charge < -0.3 is 4.52 Å². The maximum absolute atomic E-state index is 4.84. The summed E-state index contributed by atoms with van der Waals surface area (Å²) in [6, 6.07) is 4.18. The molecule has 4 aliphatic rings. The van der Waals surface area contributed by atoms with Crippen molar-refractivity contribution in [1.82, 2.24) is 29.7 Å². The largest absolute Gasteiger partial charge is 0.364 e. The van der Waals surface area contributed by atoms with Crippen molar-refractivity contribution in [3.8, 4) is 0 Å². The number of aromatic amines is 1. The lowest BCUT2D eigenvalue weighted by molar-refractivity contribution is 0.415. The molecule has 0 saturated heterocycles. The van der Waals surface area contributed by atoms with Gasteiger partial charge in [0.15, 0.2) is 0 Å². The first-order chi connectivity index (χ1) is 43.8. The molecule has 9 rings (SSSR count). The zero-order chi connectivity index (χ0) is 74.2. The topological polar surface area (TPSA) is 143 Å². The van der Waals surface area contributed by atoms with E-state index in [2.05, 4.69) is 312 Å². The highest BCUT2D eigenvalue weighted by Crippen LogP contribution is 2.34. The van der Waals surface area contributed by atoms with Crippen molar-refractivity contribution in [2.45, 2.75) is 241 Å². The number of rotatable bonds is 6. The van der Waals surface area contributed by atoms with Crippen LogP contribution in [0, 0.1) is 42.4 Å². The lowest BCUT2D eigenvalue weighted by Crippen LogP contribution is -2.14. The highest BCUT2D eigenvalue weighted by molar-refractivity contribution is 7.11. The van der Waals surface area contributed by atoms with Crippen LogP contribution in [0.1, 0.15) is 247 Å². The number of nitrogens with zero attached hydrogens (tertiary/aromatic N) is 9. The Balaban J connectivity index is 0.000000540. The maximum Gasteiger partial charge on any atom is 0.128 e. The Hall–Kier alpha value is -6.61. The lowest BCUT2D eigenvalue weighted by Gasteiger charge is -2.20. The molecule has 14 heteroatoms. The predicted molar refractivity (Wildman–Crippen MR) is 429 cm³/mol. The van der Waals surface area contributed by atoms with Crippen molar-refractivity contribution in [2.75, 3.05) is 19.6 Å². The minimum absolute atomic E-state index is 0.0868. The zero-order valence-electron chi connectivity index (χ0n) is 65.4. The third kappa shape index (κ3) is 31.7. The molecule has 528 valence electrons. The van der Waals surface area contributed by atoms with E-state index in [1.807, 2.05) is 51.3 Å². The molecule has 0 radical (unpaired) electrons. The molecule has 0 fully saturated rings. The van der Waals surface area contributed by atoms with Crippen LogP contribution in [-0.4, -0.2) is 72.2 Å². The summed E-state index contributed by atoms with van der Waals surface area (Å²) >= 11 is 5.11. The van der Waals surface area contributed by atoms with Crippen molar-refractivity contribution in [1.29, 1.82) is 0 Å². The Morgan fingerprint density at radius 1 is 0.531 bits per heavy atom. The summed E-state index contributed by atoms with van der Waals surface area (Å²) in [6.07, 6.45) is 24.0. The second kappa shape index (κ2) is 37.4. The van der Waals surface area contributed by atoms with Gasteiger partial charge in [0, 0.05) is 66.7 Å². The van der Waals surface area contributed by atoms with Crippen molar-refractivity contribution in [3.05, 3.63) is 194 Å². The Kier molecular flexibility index (Phi) is 34.0. The standard InChI is InChI=1S/4C10H15N.C9H14N2.C9H13NO.3C8H13NS/c1-5-9-6-8(7-11-9)10(2,3)4;2*1-5-9-8(6-7-11-9)10(2,3)4;1-5-8-6-7-9(11-8)10(2,3)4;1-5-7-6-8(11-10-7)9(2,3)4;1-5-8-7(6-11-10-8)9(2,3)4;1-6-9-7(5-10-6)8(2,3)4;1-6-9-5-7(10-6)8(2,3)4;1-6-5-7(10-9-6)8(2,3)4/h3*5-6H,1,7H2,2-4H3;5,7H,1,6H2,2-4H3;5-6H,1H2,2-4H3,(H,10,11);5-6H,1H2,2-4H3;3*5H,1-4H3. The number of hydrogen-bond donors (Lipinski definition) is 1. The van der Waals surface area contributed by atoms with Crippen molar-refractivity contribution < 1.29 is 4.52 Å². The molecular weight excluding hydrogens is 1240 g/mol. The van der Waals surface area contributed by atoms with Crippen LogP contribution in [-0.2, 0) is 27.1 Å². The number of allylic oxidation sites excluding steroid dienone is 9. The van der Waals surface area contributed by atoms with Gasteiger partial charge in [0.2, 0.25) is 0 Å². The Morgan fingerprint density at radius 3 is 1.31 bits per heavy atom. The second-order valence-electron chi connectivity index (χ2n) is 33.1. The molecule has 0 atom stereocenters. The van der Waals surface area contributed by atoms with Gasteiger partial charge in [-0.25, -0.2) is 9.97 Å². The van der Waals surface area contributed by atoms with Crippen LogP contribution < -0.4 is 0 Å². The van der Waals surface area contributed by atoms with E-state index >= 15 is 0 Å². The molecule has 0 unspecified atom stereocenters. The smallest absolute Gasteiger partial charge is 0.128 e. The van der Waals surface area contributed by atoms with Gasteiger partial charge in [-0.2, -0.15) is 9.47 Å². The first-order valence-electron chi connectivity index (χ1n) is 33.4. The summed E-state index contributed by atoms with van der Waals surface area (Å²) < 4.78 is 9.07. The van der Waals surface area contributed by atoms with E-state index in [-0.39, 0.29) is 48.7 Å². The number of aliphatic imine (C=N–C) groups is 4. The number of H-pyrrole nitrogens is 1. The SMILES string of the molecule is C=CC1=NC(C(C)(C)C)=CC1.C=CC1=NCC(C(C)(C)C)=C1.C=CC1=NCC=C1C(C)(C)C.C=CC1=NCC=C1C(C)(C)C.C=Cc1cc(C(C)(C)C)[nH]n1.C=Cc1nocc1C(C)(C)C.Cc1cc(C(C)(C)C)sn1.Cc1nc(C(C)(C)C)cs1.Cc1ncc(C(C)(C)C)s1. The lowest BCUT2D eigenvalue weighted by atomic mass is 9.84. The molecule has 96 heavy (non-hydrogen) atoms. The van der Waals surface area contributed by atoms with E-state index in [4.69, 9.17) is 4.52 Å². The van der Waals surface area contributed by atoms with Crippen LogP contribution in [0.5, 0.6) is 0 Å². The van der Waals surface area contributed by atoms with E-state index in [1.54, 1.807) is 58.7 Å². The van der Waals surface area contributed by atoms with E-state index in [0.717, 1.165) is 87.3 Å². The number of thiazole rings is 2. The van der Waals surface area contributed by atoms with E-state index in [0.29, 0.717) is 0 Å². The highest BCUT2D eigenvalue weighted by atomic mass is 32.1. The van der Waals surface area contributed by atoms with Crippen LogP contribution in [0.15, 0.2) is 165 Å². The molecule has 0 spiro atoms. The van der Waals surface area contributed by atoms with Gasteiger partial charge in [0.1, 0.15) is 12.0 Å². The first kappa shape index (κ1) is 87.4. The van der Waals surface area contributed by atoms with Gasteiger partial charge in [-0.15, -0.1) is 22.7 Å². The molecule has 0 bridgehead atoms. The van der Waals surface area contributed by atoms with Crippen LogP contribution in [0.3, 0.4) is 0 Å². The van der Waals surface area contributed by atoms with E-state index in [9.17, 15) is 0 Å². The van der Waals surface area contributed by atoms with E-state index < -0.39 is 0 Å². The normalized spacial score (nSPS) is 14.5. The maximum atomic E-state index is 4.84. The molecular formula is C82H126N10OS3. The average Bonchev–Trinajstić information content (AvgIpc) is 1.75. The Labute approximate surface area is 596 Å². The minimum atomic E-state index is 0.0868. The molecule has 9 heterocycles. The average molecular weight is 1360 g/mol. The monoisotopic (exact) mass is 1360 g/mol. The molecule has 0 amide bonds. The molecule has 5 aromatic heterocycles. The van der Waals surface area contributed by atoms with Crippen LogP contribution in [0.4, 0.5) is 0 Å². The fourth-order valence-corrected chi connectivity index (χ4v) is 11.0. The van der Waals surface area contributed by atoms with Crippen molar-refractivity contribution in [2.24, 2.45) is 41.6 Å². The Morgan fingerprint density at radius 2 is 1.07 bits per heavy atom. The van der Waals surface area contributed by atoms with Gasteiger partial charge in [0.05, 0.1) is 63.9 Å². The number of nitrogens with one attached hydrogen (secondary N) is 1. The van der Waals surface area contributed by atoms with Crippen molar-refractivity contribution >= 4 is 69.2 Å². The summed E-state index contributed by atoms with van der Waals surface area (Å²) in [7, 11) is 0. The predicted octanol–water partition coefficient (Wildman–Crippen LogP) is 24.0.